The normalized spacial score (nSPS) is 10.8. The van der Waals surface area contributed by atoms with Crippen LogP contribution in [0, 0.1) is 13.8 Å². The lowest BCUT2D eigenvalue weighted by Crippen LogP contribution is -2.09. The van der Waals surface area contributed by atoms with Crippen LogP contribution in [0.1, 0.15) is 28.9 Å². The van der Waals surface area contributed by atoms with Crippen LogP contribution in [0.2, 0.25) is 5.15 Å². The lowest BCUT2D eigenvalue weighted by Gasteiger charge is -2.00. The van der Waals surface area contributed by atoms with Crippen molar-refractivity contribution in [3.05, 3.63) is 22.3 Å². The Hall–Kier alpha value is -1.62. The van der Waals surface area contributed by atoms with Crippen molar-refractivity contribution < 1.29 is 13.9 Å². The Morgan fingerprint density at radius 2 is 2.12 bits per heavy atom. The number of aromatic nitrogens is 2. The zero-order valence-electron chi connectivity index (χ0n) is 9.70. The highest BCUT2D eigenvalue weighted by Crippen LogP contribution is 2.28. The van der Waals surface area contributed by atoms with E-state index in [1.165, 1.54) is 0 Å². The molecule has 0 unspecified atom stereocenters. The molecule has 0 aliphatic rings. The molecule has 0 saturated carbocycles. The Morgan fingerprint density at radius 1 is 1.41 bits per heavy atom. The highest BCUT2D eigenvalue weighted by atomic mass is 35.5. The minimum absolute atomic E-state index is 0.0851. The smallest absolute Gasteiger partial charge is 0.376 e. The topological polar surface area (TPSA) is 65.2 Å². The number of rotatable bonds is 2. The number of aryl methyl sites for hydroxylation is 2. The molecule has 0 radical (unpaired) electrons. The van der Waals surface area contributed by atoms with E-state index in [-0.39, 0.29) is 17.6 Å². The molecule has 0 aliphatic heterocycles. The molecule has 0 N–H and O–H groups in total. The maximum Gasteiger partial charge on any atom is 0.376 e. The molecule has 0 amide bonds. The molecule has 2 heterocycles. The van der Waals surface area contributed by atoms with Crippen molar-refractivity contribution in [2.24, 2.45) is 0 Å². The van der Waals surface area contributed by atoms with E-state index in [0.29, 0.717) is 16.9 Å². The van der Waals surface area contributed by atoms with E-state index in [0.717, 1.165) is 5.56 Å². The number of ether oxygens (including phenoxy) is 1. The third kappa shape index (κ3) is 1.98. The van der Waals surface area contributed by atoms with Crippen molar-refractivity contribution in [1.82, 2.24) is 9.97 Å². The largest absolute Gasteiger partial charge is 0.460 e. The van der Waals surface area contributed by atoms with Crippen LogP contribution in [0.4, 0.5) is 0 Å². The summed E-state index contributed by atoms with van der Waals surface area (Å²) >= 11 is 6.01. The quantitative estimate of drug-likeness (QED) is 0.609. The van der Waals surface area contributed by atoms with E-state index in [9.17, 15) is 4.79 Å². The highest BCUT2D eigenvalue weighted by Gasteiger charge is 2.18. The van der Waals surface area contributed by atoms with Gasteiger partial charge in [0.1, 0.15) is 10.9 Å². The Bertz CT molecular complexity index is 592. The van der Waals surface area contributed by atoms with E-state index in [4.69, 9.17) is 20.8 Å². The van der Waals surface area contributed by atoms with Crippen molar-refractivity contribution in [2.45, 2.75) is 20.8 Å². The first kappa shape index (κ1) is 11.9. The Kier molecular flexibility index (Phi) is 3.02. The number of hydrogen-bond acceptors (Lipinski definition) is 5. The molecule has 2 aromatic heterocycles. The molecular formula is C11H11ClN2O3. The van der Waals surface area contributed by atoms with Gasteiger partial charge in [0, 0.05) is 5.56 Å². The summed E-state index contributed by atoms with van der Waals surface area (Å²) in [7, 11) is 0. The van der Waals surface area contributed by atoms with E-state index in [1.54, 1.807) is 13.8 Å². The SMILES string of the molecule is CCOC(=O)c1nc(Cl)c2c(C)c(C)oc2n1. The van der Waals surface area contributed by atoms with Crippen LogP contribution in [0.3, 0.4) is 0 Å². The van der Waals surface area contributed by atoms with Gasteiger partial charge in [0.25, 0.3) is 0 Å². The fourth-order valence-electron chi connectivity index (χ4n) is 1.49. The van der Waals surface area contributed by atoms with Crippen molar-refractivity contribution in [1.29, 1.82) is 0 Å². The summed E-state index contributed by atoms with van der Waals surface area (Å²) in [6, 6.07) is 0. The van der Waals surface area contributed by atoms with Crippen LogP contribution in [0.15, 0.2) is 4.42 Å². The Labute approximate surface area is 103 Å². The van der Waals surface area contributed by atoms with Crippen LogP contribution in [-0.4, -0.2) is 22.5 Å². The first-order chi connectivity index (χ1) is 8.04. The summed E-state index contributed by atoms with van der Waals surface area (Å²) in [6.45, 7) is 5.63. The van der Waals surface area contributed by atoms with Crippen LogP contribution >= 0.6 is 11.6 Å². The molecule has 17 heavy (non-hydrogen) atoms. The third-order valence-corrected chi connectivity index (χ3v) is 2.72. The molecule has 2 aromatic rings. The molecule has 5 nitrogen and oxygen atoms in total. The second-order valence-corrected chi connectivity index (χ2v) is 3.88. The van der Waals surface area contributed by atoms with Gasteiger partial charge < -0.3 is 9.15 Å². The highest BCUT2D eigenvalue weighted by molar-refractivity contribution is 6.34. The second kappa shape index (κ2) is 4.33. The zero-order chi connectivity index (χ0) is 12.6. The van der Waals surface area contributed by atoms with E-state index in [2.05, 4.69) is 9.97 Å². The van der Waals surface area contributed by atoms with Crippen LogP contribution < -0.4 is 0 Å². The first-order valence-corrected chi connectivity index (χ1v) is 5.52. The summed E-state index contributed by atoms with van der Waals surface area (Å²) in [5.74, 6) is 0.0123. The minimum Gasteiger partial charge on any atom is -0.460 e. The second-order valence-electron chi connectivity index (χ2n) is 3.52. The third-order valence-electron chi connectivity index (χ3n) is 2.44. The van der Waals surface area contributed by atoms with Gasteiger partial charge in [-0.25, -0.2) is 9.78 Å². The molecule has 0 saturated heterocycles. The number of carbonyl (C=O) groups excluding carboxylic acids is 1. The number of fused-ring (bicyclic) bond motifs is 1. The number of esters is 1. The van der Waals surface area contributed by atoms with Gasteiger partial charge >= 0.3 is 5.97 Å². The average Bonchev–Trinajstić information content (AvgIpc) is 2.55. The summed E-state index contributed by atoms with van der Waals surface area (Å²) in [4.78, 5) is 19.4. The fraction of sp³-hybridized carbons (Fsp3) is 0.364. The van der Waals surface area contributed by atoms with Gasteiger partial charge in [-0.3, -0.25) is 0 Å². The zero-order valence-corrected chi connectivity index (χ0v) is 10.5. The number of nitrogens with zero attached hydrogens (tertiary/aromatic N) is 2. The van der Waals surface area contributed by atoms with E-state index < -0.39 is 5.97 Å². The molecule has 0 aromatic carbocycles. The lowest BCUT2D eigenvalue weighted by atomic mass is 10.2. The van der Waals surface area contributed by atoms with Crippen molar-refractivity contribution in [2.75, 3.05) is 6.61 Å². The molecule has 0 fully saturated rings. The molecule has 0 spiro atoms. The predicted molar refractivity (Wildman–Crippen MR) is 62.2 cm³/mol. The first-order valence-electron chi connectivity index (χ1n) is 5.15. The molecule has 0 aliphatic carbocycles. The summed E-state index contributed by atoms with van der Waals surface area (Å²) in [5.41, 5.74) is 1.18. The Morgan fingerprint density at radius 3 is 2.76 bits per heavy atom. The Balaban J connectivity index is 2.60. The molecule has 0 bridgehead atoms. The van der Waals surface area contributed by atoms with Crippen molar-refractivity contribution >= 4 is 28.7 Å². The molecule has 2 rings (SSSR count). The van der Waals surface area contributed by atoms with Gasteiger partial charge in [-0.15, -0.1) is 0 Å². The fourth-order valence-corrected chi connectivity index (χ4v) is 1.79. The van der Waals surface area contributed by atoms with Gasteiger partial charge in [-0.1, -0.05) is 11.6 Å². The van der Waals surface area contributed by atoms with Gasteiger partial charge in [0.15, 0.2) is 0 Å². The predicted octanol–water partition coefficient (Wildman–Crippen LogP) is 2.67. The maximum absolute atomic E-state index is 11.5. The molecule has 6 heteroatoms. The van der Waals surface area contributed by atoms with Crippen molar-refractivity contribution in [3.8, 4) is 0 Å². The monoisotopic (exact) mass is 254 g/mol. The number of carbonyl (C=O) groups is 1. The number of furan rings is 1. The molecular weight excluding hydrogens is 244 g/mol. The summed E-state index contributed by atoms with van der Waals surface area (Å²) in [6.07, 6.45) is 0. The standard InChI is InChI=1S/C11H11ClN2O3/c1-4-16-11(15)9-13-8(12)7-5(2)6(3)17-10(7)14-9/h4H2,1-3H3. The van der Waals surface area contributed by atoms with Gasteiger partial charge in [-0.2, -0.15) is 4.98 Å². The van der Waals surface area contributed by atoms with Crippen LogP contribution in [0.25, 0.3) is 11.1 Å². The molecule has 0 atom stereocenters. The van der Waals surface area contributed by atoms with Crippen LogP contribution in [-0.2, 0) is 4.74 Å². The van der Waals surface area contributed by atoms with Crippen molar-refractivity contribution in [3.63, 3.8) is 0 Å². The minimum atomic E-state index is -0.608. The molecule has 90 valence electrons. The van der Waals surface area contributed by atoms with E-state index >= 15 is 0 Å². The van der Waals surface area contributed by atoms with Crippen LogP contribution in [0.5, 0.6) is 0 Å². The lowest BCUT2D eigenvalue weighted by molar-refractivity contribution is 0.0512. The van der Waals surface area contributed by atoms with Gasteiger partial charge in [0.2, 0.25) is 11.5 Å². The summed E-state index contributed by atoms with van der Waals surface area (Å²) < 4.78 is 10.2. The number of hydrogen-bond donors (Lipinski definition) is 0. The number of halogens is 1. The van der Waals surface area contributed by atoms with E-state index in [1.807, 2.05) is 6.92 Å². The van der Waals surface area contributed by atoms with Gasteiger partial charge in [-0.05, 0) is 20.8 Å². The average molecular weight is 255 g/mol. The summed E-state index contributed by atoms with van der Waals surface area (Å²) in [5, 5.41) is 0.838. The maximum atomic E-state index is 11.5. The van der Waals surface area contributed by atoms with Gasteiger partial charge in [0.05, 0.1) is 12.0 Å².